The molecule has 0 saturated carbocycles. The van der Waals surface area contributed by atoms with Gasteiger partial charge >= 0.3 is 5.97 Å². The number of halogens is 1. The topological polar surface area (TPSA) is 55.1 Å². The predicted octanol–water partition coefficient (Wildman–Crippen LogP) is 1.40. The van der Waals surface area contributed by atoms with Crippen LogP contribution in [-0.2, 0) is 0 Å². The van der Waals surface area contributed by atoms with E-state index in [0.29, 0.717) is 0 Å². The molecule has 60 valence electrons. The van der Waals surface area contributed by atoms with Crippen LogP contribution in [0.5, 0.6) is 0 Å². The number of hydrogen-bond acceptors (Lipinski definition) is 2. The number of hydrogen-bond donors (Lipinski definition) is 1. The van der Waals surface area contributed by atoms with E-state index in [2.05, 4.69) is 5.10 Å². The Labute approximate surface area is 77.7 Å². The van der Waals surface area contributed by atoms with Crippen molar-refractivity contribution in [2.45, 2.75) is 13.8 Å². The van der Waals surface area contributed by atoms with E-state index in [0.717, 1.165) is 11.3 Å². The molecule has 1 aromatic heterocycles. The average molecular weight is 266 g/mol. The predicted molar refractivity (Wildman–Crippen MR) is 48.1 cm³/mol. The molecule has 0 aromatic carbocycles. The van der Waals surface area contributed by atoms with Crippen LogP contribution in [0.15, 0.2) is 0 Å². The van der Waals surface area contributed by atoms with Crippen molar-refractivity contribution in [3.05, 3.63) is 17.0 Å². The monoisotopic (exact) mass is 266 g/mol. The fraction of sp³-hybridized carbons (Fsp3) is 0.333. The molecule has 1 N–H and O–H groups in total. The van der Waals surface area contributed by atoms with E-state index >= 15 is 0 Å². The molecule has 11 heavy (non-hydrogen) atoms. The Morgan fingerprint density at radius 1 is 1.64 bits per heavy atom. The van der Waals surface area contributed by atoms with Gasteiger partial charge in [-0.2, -0.15) is 7.99 Å². The lowest BCUT2D eigenvalue weighted by molar-refractivity contribution is 0.0689. The largest absolute Gasteiger partial charge is 0.476 e. The molecule has 0 amide bonds. The van der Waals surface area contributed by atoms with E-state index in [1.54, 1.807) is 13.8 Å². The third-order valence-corrected chi connectivity index (χ3v) is 2.22. The van der Waals surface area contributed by atoms with Crippen LogP contribution in [0.25, 0.3) is 0 Å². The summed E-state index contributed by atoms with van der Waals surface area (Å²) in [5.41, 5.74) is 1.74. The minimum atomic E-state index is -0.933. The summed E-state index contributed by atoms with van der Waals surface area (Å²) in [7, 11) is 0. The molecule has 4 nitrogen and oxygen atoms in total. The van der Waals surface area contributed by atoms with Crippen LogP contribution in [-0.4, -0.2) is 19.1 Å². The highest BCUT2D eigenvalue weighted by Crippen LogP contribution is 2.14. The average Bonchev–Trinajstić information content (AvgIpc) is 2.07. The van der Waals surface area contributed by atoms with Gasteiger partial charge in [-0.3, -0.25) is 0 Å². The molecule has 0 aliphatic heterocycles. The summed E-state index contributed by atoms with van der Waals surface area (Å²) in [5.74, 6) is -0.933. The summed E-state index contributed by atoms with van der Waals surface area (Å²) in [6.07, 6.45) is 0. The van der Waals surface area contributed by atoms with Crippen molar-refractivity contribution in [1.82, 2.24) is 7.99 Å². The van der Waals surface area contributed by atoms with Gasteiger partial charge in [-0.1, -0.05) is 0 Å². The van der Waals surface area contributed by atoms with Gasteiger partial charge in [-0.05, 0) is 13.8 Å². The number of aryl methyl sites for hydroxylation is 1. The van der Waals surface area contributed by atoms with E-state index in [4.69, 9.17) is 5.11 Å². The molecule has 1 aromatic rings. The van der Waals surface area contributed by atoms with Gasteiger partial charge < -0.3 is 5.11 Å². The second-order valence-corrected chi connectivity index (χ2v) is 3.14. The zero-order chi connectivity index (χ0) is 8.59. The van der Waals surface area contributed by atoms with Crippen LogP contribution in [0.4, 0.5) is 0 Å². The lowest BCUT2D eigenvalue weighted by Gasteiger charge is -1.92. The smallest absolute Gasteiger partial charge is 0.355 e. The fourth-order valence-electron chi connectivity index (χ4n) is 0.806. The number of aromatic nitrogens is 2. The molecule has 0 bridgehead atoms. The Morgan fingerprint density at radius 2 is 2.18 bits per heavy atom. The molecule has 0 fully saturated rings. The lowest BCUT2D eigenvalue weighted by Crippen LogP contribution is -2.02. The van der Waals surface area contributed by atoms with Gasteiger partial charge in [0.25, 0.3) is 0 Å². The van der Waals surface area contributed by atoms with E-state index < -0.39 is 5.97 Å². The standard InChI is InChI=1S/C6H7IN2O2/c1-3-4(2)8-9(7)5(3)6(10)11/h1-2H3,(H,10,11). The summed E-state index contributed by atoms with van der Waals surface area (Å²) in [4.78, 5) is 10.6. The molecular weight excluding hydrogens is 259 g/mol. The fourth-order valence-corrected chi connectivity index (χ4v) is 1.70. The number of carbonyl (C=O) groups is 1. The second kappa shape index (κ2) is 2.80. The number of rotatable bonds is 1. The zero-order valence-corrected chi connectivity index (χ0v) is 8.29. The minimum absolute atomic E-state index is 0.253. The maximum Gasteiger partial charge on any atom is 0.355 e. The summed E-state index contributed by atoms with van der Waals surface area (Å²) >= 11 is 1.85. The number of carboxylic acids is 1. The van der Waals surface area contributed by atoms with Gasteiger partial charge in [0.1, 0.15) is 0 Å². The second-order valence-electron chi connectivity index (χ2n) is 2.22. The first kappa shape index (κ1) is 8.51. The normalized spacial score (nSPS) is 10.1. The Hall–Kier alpha value is -0.590. The molecule has 1 rings (SSSR count). The van der Waals surface area contributed by atoms with Crippen molar-refractivity contribution < 1.29 is 9.90 Å². The van der Waals surface area contributed by atoms with Crippen molar-refractivity contribution >= 4 is 28.8 Å². The van der Waals surface area contributed by atoms with Crippen molar-refractivity contribution in [3.63, 3.8) is 0 Å². The molecule has 0 radical (unpaired) electrons. The summed E-state index contributed by atoms with van der Waals surface area (Å²) in [6.45, 7) is 3.54. The highest BCUT2D eigenvalue weighted by molar-refractivity contribution is 14.1. The van der Waals surface area contributed by atoms with Crippen molar-refractivity contribution in [1.29, 1.82) is 0 Å². The van der Waals surface area contributed by atoms with Crippen LogP contribution in [0, 0.1) is 13.8 Å². The number of carboxylic acid groups (broad SMARTS) is 1. The molecule has 0 aliphatic carbocycles. The van der Waals surface area contributed by atoms with Gasteiger partial charge in [0, 0.05) is 5.56 Å². The summed E-state index contributed by atoms with van der Waals surface area (Å²) in [6, 6.07) is 0. The SMILES string of the molecule is Cc1nn(I)c(C(=O)O)c1C. The number of nitrogens with zero attached hydrogens (tertiary/aromatic N) is 2. The third-order valence-electron chi connectivity index (χ3n) is 1.52. The van der Waals surface area contributed by atoms with Gasteiger partial charge in [0.2, 0.25) is 0 Å². The van der Waals surface area contributed by atoms with E-state index in [9.17, 15) is 4.79 Å². The molecule has 0 aliphatic rings. The zero-order valence-electron chi connectivity index (χ0n) is 6.13. The van der Waals surface area contributed by atoms with Gasteiger partial charge in [0.15, 0.2) is 5.69 Å². The van der Waals surface area contributed by atoms with Crippen molar-refractivity contribution in [2.24, 2.45) is 0 Å². The van der Waals surface area contributed by atoms with Gasteiger partial charge in [-0.25, -0.2) is 4.79 Å². The van der Waals surface area contributed by atoms with Crippen molar-refractivity contribution in [2.75, 3.05) is 0 Å². The first-order valence-electron chi connectivity index (χ1n) is 2.99. The Morgan fingerprint density at radius 3 is 2.36 bits per heavy atom. The Balaban J connectivity index is 3.34. The summed E-state index contributed by atoms with van der Waals surface area (Å²) in [5, 5.41) is 12.6. The maximum atomic E-state index is 10.6. The van der Waals surface area contributed by atoms with Gasteiger partial charge in [-0.15, -0.1) is 0 Å². The quantitative estimate of drug-likeness (QED) is 0.781. The Bertz CT molecular complexity index is 306. The summed E-state index contributed by atoms with van der Waals surface area (Å²) < 4.78 is 1.35. The van der Waals surface area contributed by atoms with Crippen LogP contribution in [0.1, 0.15) is 21.7 Å². The highest BCUT2D eigenvalue weighted by atomic mass is 127. The maximum absolute atomic E-state index is 10.6. The molecular formula is C6H7IN2O2. The molecule has 0 unspecified atom stereocenters. The molecule has 0 atom stereocenters. The molecule has 5 heteroatoms. The molecule has 0 spiro atoms. The van der Waals surface area contributed by atoms with Crippen LogP contribution in [0.2, 0.25) is 0 Å². The third kappa shape index (κ3) is 1.37. The van der Waals surface area contributed by atoms with Crippen LogP contribution < -0.4 is 0 Å². The minimum Gasteiger partial charge on any atom is -0.476 e. The lowest BCUT2D eigenvalue weighted by atomic mass is 10.2. The Kier molecular flexibility index (Phi) is 2.17. The first-order valence-corrected chi connectivity index (χ1v) is 3.96. The molecule has 1 heterocycles. The van der Waals surface area contributed by atoms with E-state index in [-0.39, 0.29) is 5.69 Å². The van der Waals surface area contributed by atoms with Gasteiger partial charge in [0.05, 0.1) is 28.6 Å². The highest BCUT2D eigenvalue weighted by Gasteiger charge is 2.15. The van der Waals surface area contributed by atoms with Crippen molar-refractivity contribution in [3.8, 4) is 0 Å². The van der Waals surface area contributed by atoms with Crippen LogP contribution in [0.3, 0.4) is 0 Å². The first-order chi connectivity index (χ1) is 5.04. The van der Waals surface area contributed by atoms with E-state index in [1.165, 1.54) is 2.90 Å². The van der Waals surface area contributed by atoms with E-state index in [1.807, 2.05) is 22.9 Å². The van der Waals surface area contributed by atoms with Crippen LogP contribution >= 0.6 is 22.9 Å². The molecule has 0 saturated heterocycles. The number of aromatic carboxylic acids is 1.